The molecular weight excluding hydrogens is 279 g/mol. The van der Waals surface area contributed by atoms with Crippen LogP contribution in [0.3, 0.4) is 0 Å². The van der Waals surface area contributed by atoms with Crippen molar-refractivity contribution >= 4 is 17.7 Å². The minimum absolute atomic E-state index is 1.33. The molecule has 0 spiro atoms. The predicted octanol–water partition coefficient (Wildman–Crippen LogP) is 3.03. The van der Waals surface area contributed by atoms with E-state index in [1.54, 1.807) is 4.40 Å². The van der Waals surface area contributed by atoms with Crippen molar-refractivity contribution in [2.45, 2.75) is 24.2 Å². The summed E-state index contributed by atoms with van der Waals surface area (Å²) >= 11 is -1.75. The summed E-state index contributed by atoms with van der Waals surface area (Å²) in [6.45, 7) is 2.18. The molecule has 0 saturated heterocycles. The molecule has 0 amide bonds. The summed E-state index contributed by atoms with van der Waals surface area (Å²) in [7, 11) is 2.13. The van der Waals surface area contributed by atoms with Crippen LogP contribution in [0.2, 0.25) is 17.3 Å². The fraction of sp³-hybridized carbons (Fsp3) is 0.312. The summed E-state index contributed by atoms with van der Waals surface area (Å²) in [4.78, 5) is 0. The molecule has 0 aliphatic heterocycles. The van der Waals surface area contributed by atoms with Crippen LogP contribution in [0.1, 0.15) is 5.56 Å². The van der Waals surface area contributed by atoms with E-state index >= 15 is 0 Å². The number of aromatic nitrogens is 1. The zero-order valence-electron chi connectivity index (χ0n) is 12.0. The maximum atomic E-state index is 2.44. The molecule has 1 aromatic heterocycles. The number of rotatable bonds is 2. The van der Waals surface area contributed by atoms with Crippen molar-refractivity contribution in [1.82, 2.24) is 0 Å². The van der Waals surface area contributed by atoms with Crippen molar-refractivity contribution in [3.63, 3.8) is 0 Å². The molecule has 1 aromatic carbocycles. The van der Waals surface area contributed by atoms with E-state index in [9.17, 15) is 0 Å². The molecular formula is C16H22GeN+. The summed E-state index contributed by atoms with van der Waals surface area (Å²) in [5, 5.41) is 0. The summed E-state index contributed by atoms with van der Waals surface area (Å²) in [5.74, 6) is 7.32. The van der Waals surface area contributed by atoms with Gasteiger partial charge in [-0.2, -0.15) is 0 Å². The Balaban J connectivity index is 2.61. The Morgan fingerprint density at radius 3 is 2.28 bits per heavy atom. The van der Waals surface area contributed by atoms with Gasteiger partial charge in [0.15, 0.2) is 0 Å². The monoisotopic (exact) mass is 302 g/mol. The molecule has 2 heteroatoms. The second-order valence-electron chi connectivity index (χ2n) is 5.98. The SMILES string of the molecule is Cc1ccccc1-c1c[c]([Ge]([CH3])([CH3])[CH3])cc[n+]1C. The fourth-order valence-corrected chi connectivity index (χ4v) is 4.56. The van der Waals surface area contributed by atoms with Gasteiger partial charge in [0.2, 0.25) is 0 Å². The molecule has 0 atom stereocenters. The van der Waals surface area contributed by atoms with E-state index in [0.29, 0.717) is 0 Å². The second-order valence-corrected chi connectivity index (χ2v) is 16.6. The van der Waals surface area contributed by atoms with Gasteiger partial charge in [-0.15, -0.1) is 0 Å². The number of nitrogens with zero attached hydrogens (tertiary/aromatic N) is 1. The number of hydrogen-bond acceptors (Lipinski definition) is 0. The number of hydrogen-bond donors (Lipinski definition) is 0. The average Bonchev–Trinajstić information content (AvgIpc) is 2.29. The zero-order chi connectivity index (χ0) is 13.3. The Morgan fingerprint density at radius 1 is 1.00 bits per heavy atom. The third-order valence-electron chi connectivity index (χ3n) is 3.44. The summed E-state index contributed by atoms with van der Waals surface area (Å²) in [5.41, 5.74) is 4.01. The molecule has 94 valence electrons. The second kappa shape index (κ2) is 4.89. The summed E-state index contributed by atoms with van der Waals surface area (Å²) in [6, 6.07) is 13.3. The Kier molecular flexibility index (Phi) is 3.62. The van der Waals surface area contributed by atoms with E-state index in [4.69, 9.17) is 0 Å². The van der Waals surface area contributed by atoms with Crippen LogP contribution in [0.5, 0.6) is 0 Å². The van der Waals surface area contributed by atoms with Gasteiger partial charge < -0.3 is 0 Å². The molecule has 0 saturated carbocycles. The summed E-state index contributed by atoms with van der Waals surface area (Å²) in [6.07, 6.45) is 2.20. The Hall–Kier alpha value is -1.09. The molecule has 0 radical (unpaired) electrons. The molecule has 0 fully saturated rings. The van der Waals surface area contributed by atoms with Gasteiger partial charge in [0.1, 0.15) is 0 Å². The third kappa shape index (κ3) is 2.66. The first-order valence-electron chi connectivity index (χ1n) is 6.46. The number of pyridine rings is 1. The average molecular weight is 301 g/mol. The van der Waals surface area contributed by atoms with Gasteiger partial charge in [-0.05, 0) is 0 Å². The minimum atomic E-state index is -1.75. The van der Waals surface area contributed by atoms with E-state index in [1.807, 2.05) is 0 Å². The first-order valence-corrected chi connectivity index (χ1v) is 13.8. The van der Waals surface area contributed by atoms with E-state index in [2.05, 4.69) is 78.4 Å². The Labute approximate surface area is 113 Å². The third-order valence-corrected chi connectivity index (χ3v) is 7.72. The van der Waals surface area contributed by atoms with Crippen LogP contribution < -0.4 is 8.96 Å². The van der Waals surface area contributed by atoms with Crippen molar-refractivity contribution in [2.24, 2.45) is 7.05 Å². The number of benzene rings is 1. The maximum absolute atomic E-state index is 2.44. The molecule has 1 nitrogen and oxygen atoms in total. The van der Waals surface area contributed by atoms with Crippen LogP contribution >= 0.6 is 0 Å². The first-order chi connectivity index (χ1) is 8.39. The normalized spacial score (nSPS) is 11.6. The van der Waals surface area contributed by atoms with Crippen LogP contribution in [-0.2, 0) is 7.05 Å². The Bertz CT molecular complexity index is 568. The van der Waals surface area contributed by atoms with Crippen molar-refractivity contribution in [2.75, 3.05) is 0 Å². The van der Waals surface area contributed by atoms with Crippen molar-refractivity contribution in [1.29, 1.82) is 0 Å². The van der Waals surface area contributed by atoms with Gasteiger partial charge in [0.25, 0.3) is 0 Å². The molecule has 2 aromatic rings. The van der Waals surface area contributed by atoms with Gasteiger partial charge in [0.05, 0.1) is 0 Å². The van der Waals surface area contributed by atoms with Gasteiger partial charge in [0, 0.05) is 0 Å². The standard InChI is InChI=1S/C16H22GeN/c1-13-8-6-7-9-15(13)16-12-14(17(2,3)4)10-11-18(16)5/h6-12H,1-5H3/q+1. The van der Waals surface area contributed by atoms with E-state index in [-0.39, 0.29) is 0 Å². The molecule has 0 unspecified atom stereocenters. The van der Waals surface area contributed by atoms with Crippen molar-refractivity contribution in [3.05, 3.63) is 48.2 Å². The van der Waals surface area contributed by atoms with E-state index in [0.717, 1.165) is 0 Å². The quantitative estimate of drug-likeness (QED) is 0.593. The first kappa shape index (κ1) is 13.3. The summed E-state index contributed by atoms with van der Waals surface area (Å²) < 4.78 is 3.78. The topological polar surface area (TPSA) is 3.88 Å². The molecule has 0 N–H and O–H groups in total. The molecule has 18 heavy (non-hydrogen) atoms. The van der Waals surface area contributed by atoms with Gasteiger partial charge in [-0.3, -0.25) is 0 Å². The van der Waals surface area contributed by atoms with Crippen LogP contribution in [0, 0.1) is 6.92 Å². The number of aryl methyl sites for hydroxylation is 2. The van der Waals surface area contributed by atoms with E-state index < -0.39 is 13.3 Å². The molecule has 2 rings (SSSR count). The van der Waals surface area contributed by atoms with Crippen LogP contribution in [-0.4, -0.2) is 13.3 Å². The van der Waals surface area contributed by atoms with Gasteiger partial charge in [-0.1, -0.05) is 0 Å². The molecule has 1 heterocycles. The fourth-order valence-electron chi connectivity index (χ4n) is 2.16. The van der Waals surface area contributed by atoms with Crippen LogP contribution in [0.4, 0.5) is 0 Å². The van der Waals surface area contributed by atoms with Crippen LogP contribution in [0.25, 0.3) is 11.3 Å². The zero-order valence-corrected chi connectivity index (χ0v) is 14.1. The predicted molar refractivity (Wildman–Crippen MR) is 80.8 cm³/mol. The van der Waals surface area contributed by atoms with Gasteiger partial charge >= 0.3 is 113 Å². The van der Waals surface area contributed by atoms with Crippen LogP contribution in [0.15, 0.2) is 42.6 Å². The Morgan fingerprint density at radius 2 is 1.67 bits per heavy atom. The molecule has 0 bridgehead atoms. The van der Waals surface area contributed by atoms with Crippen molar-refractivity contribution in [3.8, 4) is 11.3 Å². The van der Waals surface area contributed by atoms with Crippen molar-refractivity contribution < 1.29 is 4.57 Å². The van der Waals surface area contributed by atoms with E-state index in [1.165, 1.54) is 16.8 Å². The molecule has 0 aliphatic carbocycles. The molecule has 0 aliphatic rings. The van der Waals surface area contributed by atoms with Gasteiger partial charge in [-0.25, -0.2) is 0 Å².